The standard InChI is InChI=1S/C14H18/c1-7-9-11(3)13(5)14(6)12(4)10-8-2/h7-10H,1-2,5-6H2,3-4H3/b11-9-,12-10-. The molecular weight excluding hydrogens is 168 g/mol. The third-order valence-corrected chi connectivity index (χ3v) is 2.05. The first-order valence-corrected chi connectivity index (χ1v) is 4.52. The Bertz CT molecular complexity index is 288. The summed E-state index contributed by atoms with van der Waals surface area (Å²) in [6.45, 7) is 19.3. The van der Waals surface area contributed by atoms with Crippen molar-refractivity contribution in [2.75, 3.05) is 0 Å². The van der Waals surface area contributed by atoms with Gasteiger partial charge in [0.2, 0.25) is 0 Å². The molecule has 0 N–H and O–H groups in total. The van der Waals surface area contributed by atoms with Crippen LogP contribution in [0.1, 0.15) is 13.8 Å². The van der Waals surface area contributed by atoms with Gasteiger partial charge >= 0.3 is 0 Å². The largest absolute Gasteiger partial charge is 0.0991 e. The van der Waals surface area contributed by atoms with Crippen molar-refractivity contribution in [1.29, 1.82) is 0 Å². The molecule has 0 saturated carbocycles. The molecule has 0 radical (unpaired) electrons. The fourth-order valence-corrected chi connectivity index (χ4v) is 1.03. The van der Waals surface area contributed by atoms with E-state index < -0.39 is 0 Å². The van der Waals surface area contributed by atoms with E-state index in [0.29, 0.717) is 0 Å². The van der Waals surface area contributed by atoms with E-state index in [4.69, 9.17) is 0 Å². The molecule has 0 bridgehead atoms. The normalized spacial score (nSPS) is 12.1. The Morgan fingerprint density at radius 3 is 1.29 bits per heavy atom. The molecule has 0 rings (SSSR count). The molecule has 0 nitrogen and oxygen atoms in total. The van der Waals surface area contributed by atoms with Crippen molar-refractivity contribution in [2.24, 2.45) is 0 Å². The average Bonchev–Trinajstić information content (AvgIpc) is 2.16. The van der Waals surface area contributed by atoms with Crippen molar-refractivity contribution >= 4 is 0 Å². The minimum atomic E-state index is 0.945. The molecule has 0 aliphatic heterocycles. The second kappa shape index (κ2) is 5.98. The molecule has 0 aromatic carbocycles. The van der Waals surface area contributed by atoms with E-state index >= 15 is 0 Å². The van der Waals surface area contributed by atoms with E-state index in [1.165, 1.54) is 0 Å². The number of hydrogen-bond acceptors (Lipinski definition) is 0. The maximum absolute atomic E-state index is 3.99. The zero-order chi connectivity index (χ0) is 11.1. The van der Waals surface area contributed by atoms with E-state index in [9.17, 15) is 0 Å². The molecule has 0 spiro atoms. The minimum absolute atomic E-state index is 0.945. The molecule has 0 amide bonds. The van der Waals surface area contributed by atoms with Crippen LogP contribution in [0.5, 0.6) is 0 Å². The van der Waals surface area contributed by atoms with Gasteiger partial charge in [0.1, 0.15) is 0 Å². The van der Waals surface area contributed by atoms with Crippen LogP contribution in [0.4, 0.5) is 0 Å². The lowest BCUT2D eigenvalue weighted by Gasteiger charge is -2.09. The summed E-state index contributed by atoms with van der Waals surface area (Å²) in [4.78, 5) is 0. The smallest absolute Gasteiger partial charge is 0.0230 e. The highest BCUT2D eigenvalue weighted by atomic mass is 14.1. The first-order valence-electron chi connectivity index (χ1n) is 4.52. The van der Waals surface area contributed by atoms with Gasteiger partial charge in [0, 0.05) is 0 Å². The molecule has 0 heteroatoms. The summed E-state index contributed by atoms with van der Waals surface area (Å²) in [7, 11) is 0. The van der Waals surface area contributed by atoms with E-state index in [1.54, 1.807) is 12.2 Å². The van der Waals surface area contributed by atoms with Crippen LogP contribution >= 0.6 is 0 Å². The van der Waals surface area contributed by atoms with Crippen molar-refractivity contribution in [2.45, 2.75) is 13.8 Å². The van der Waals surface area contributed by atoms with Gasteiger partial charge in [-0.15, -0.1) is 0 Å². The summed E-state index contributed by atoms with van der Waals surface area (Å²) >= 11 is 0. The van der Waals surface area contributed by atoms with E-state index in [0.717, 1.165) is 22.3 Å². The first kappa shape index (κ1) is 12.4. The van der Waals surface area contributed by atoms with Gasteiger partial charge in [-0.1, -0.05) is 50.6 Å². The van der Waals surface area contributed by atoms with Gasteiger partial charge in [0.25, 0.3) is 0 Å². The SMILES string of the molecule is C=C/C=C(/C)C(=C)C(=C)/C(C)=C\C=C. The fraction of sp³-hybridized carbons (Fsp3) is 0.143. The number of allylic oxidation sites excluding steroid dienone is 8. The Hall–Kier alpha value is -1.56. The highest BCUT2D eigenvalue weighted by Gasteiger charge is 2.02. The van der Waals surface area contributed by atoms with Crippen LogP contribution in [-0.4, -0.2) is 0 Å². The summed E-state index contributed by atoms with van der Waals surface area (Å²) in [6, 6.07) is 0. The van der Waals surface area contributed by atoms with Crippen LogP contribution in [0, 0.1) is 0 Å². The molecule has 0 aromatic heterocycles. The first-order chi connectivity index (χ1) is 6.54. The lowest BCUT2D eigenvalue weighted by molar-refractivity contribution is 1.33. The molecule has 14 heavy (non-hydrogen) atoms. The van der Waals surface area contributed by atoms with Crippen LogP contribution in [0.25, 0.3) is 0 Å². The maximum atomic E-state index is 3.99. The topological polar surface area (TPSA) is 0 Å². The van der Waals surface area contributed by atoms with Crippen LogP contribution in [0.3, 0.4) is 0 Å². The number of rotatable bonds is 5. The van der Waals surface area contributed by atoms with E-state index in [1.807, 2.05) is 26.0 Å². The van der Waals surface area contributed by atoms with Gasteiger partial charge in [-0.25, -0.2) is 0 Å². The van der Waals surface area contributed by atoms with Gasteiger partial charge in [-0.2, -0.15) is 0 Å². The van der Waals surface area contributed by atoms with Crippen LogP contribution in [0.2, 0.25) is 0 Å². The molecule has 74 valence electrons. The lowest BCUT2D eigenvalue weighted by Crippen LogP contribution is -1.90. The summed E-state index contributed by atoms with van der Waals surface area (Å²) in [6.07, 6.45) is 7.35. The Balaban J connectivity index is 4.81. The second-order valence-electron chi connectivity index (χ2n) is 3.13. The van der Waals surface area contributed by atoms with Gasteiger partial charge in [0.15, 0.2) is 0 Å². The quantitative estimate of drug-likeness (QED) is 0.559. The fourth-order valence-electron chi connectivity index (χ4n) is 1.03. The molecule has 0 aliphatic rings. The average molecular weight is 186 g/mol. The van der Waals surface area contributed by atoms with Gasteiger partial charge in [-0.05, 0) is 36.1 Å². The zero-order valence-corrected chi connectivity index (χ0v) is 9.14. The molecule has 0 aromatic rings. The monoisotopic (exact) mass is 186 g/mol. The van der Waals surface area contributed by atoms with Crippen molar-refractivity contribution < 1.29 is 0 Å². The lowest BCUT2D eigenvalue weighted by atomic mass is 9.96. The third-order valence-electron chi connectivity index (χ3n) is 2.05. The molecule has 0 atom stereocenters. The van der Waals surface area contributed by atoms with Crippen molar-refractivity contribution in [3.8, 4) is 0 Å². The van der Waals surface area contributed by atoms with E-state index in [-0.39, 0.29) is 0 Å². The predicted molar refractivity (Wildman–Crippen MR) is 66.2 cm³/mol. The zero-order valence-electron chi connectivity index (χ0n) is 9.14. The molecule has 0 saturated heterocycles. The van der Waals surface area contributed by atoms with Crippen LogP contribution in [-0.2, 0) is 0 Å². The summed E-state index contributed by atoms with van der Waals surface area (Å²) in [5.41, 5.74) is 4.06. The Kier molecular flexibility index (Phi) is 5.31. The molecule has 0 fully saturated rings. The van der Waals surface area contributed by atoms with Crippen LogP contribution < -0.4 is 0 Å². The molecule has 0 unspecified atom stereocenters. The molecular formula is C14H18. The summed E-state index contributed by atoms with van der Waals surface area (Å²) < 4.78 is 0. The summed E-state index contributed by atoms with van der Waals surface area (Å²) in [5, 5.41) is 0. The van der Waals surface area contributed by atoms with Gasteiger partial charge < -0.3 is 0 Å². The molecule has 0 heterocycles. The summed E-state index contributed by atoms with van der Waals surface area (Å²) in [5.74, 6) is 0. The van der Waals surface area contributed by atoms with E-state index in [2.05, 4.69) is 26.3 Å². The van der Waals surface area contributed by atoms with Crippen LogP contribution in [0.15, 0.2) is 72.9 Å². The maximum Gasteiger partial charge on any atom is -0.0230 e. The Morgan fingerprint density at radius 1 is 0.786 bits per heavy atom. The number of hydrogen-bond donors (Lipinski definition) is 0. The second-order valence-corrected chi connectivity index (χ2v) is 3.13. The van der Waals surface area contributed by atoms with Crippen molar-refractivity contribution in [3.63, 3.8) is 0 Å². The Morgan fingerprint density at radius 2 is 1.07 bits per heavy atom. The minimum Gasteiger partial charge on any atom is -0.0991 e. The third kappa shape index (κ3) is 3.44. The van der Waals surface area contributed by atoms with Crippen molar-refractivity contribution in [3.05, 3.63) is 72.9 Å². The highest BCUT2D eigenvalue weighted by Crippen LogP contribution is 2.21. The highest BCUT2D eigenvalue weighted by molar-refractivity contribution is 5.52. The van der Waals surface area contributed by atoms with Crippen molar-refractivity contribution in [1.82, 2.24) is 0 Å². The van der Waals surface area contributed by atoms with Gasteiger partial charge in [-0.3, -0.25) is 0 Å². The Labute approximate surface area is 87.3 Å². The van der Waals surface area contributed by atoms with Gasteiger partial charge in [0.05, 0.1) is 0 Å². The molecule has 0 aliphatic carbocycles. The predicted octanol–water partition coefficient (Wildman–Crippen LogP) is 4.36.